The number of Topliss-reactive ketones (excluding diaryl/α,β-unsaturated/α-hetero) is 1. The lowest BCUT2D eigenvalue weighted by Gasteiger charge is -2.24. The fourth-order valence-electron chi connectivity index (χ4n) is 4.73. The second kappa shape index (κ2) is 10.9. The zero-order valence-electron chi connectivity index (χ0n) is 23.6. The molecule has 1 amide bonds. The van der Waals surface area contributed by atoms with Crippen molar-refractivity contribution < 1.29 is 28.0 Å². The van der Waals surface area contributed by atoms with Gasteiger partial charge in [-0.2, -0.15) is 0 Å². The summed E-state index contributed by atoms with van der Waals surface area (Å²) in [5.74, 6) is -2.26. The third-order valence-corrected chi connectivity index (χ3v) is 10.4. The summed E-state index contributed by atoms with van der Waals surface area (Å²) in [5, 5.41) is 22.3. The summed E-state index contributed by atoms with van der Waals surface area (Å²) in [6.45, 7) is 8.03. The number of carbonyl (C=O) groups is 2. The molecule has 1 N–H and O–H groups in total. The van der Waals surface area contributed by atoms with Gasteiger partial charge in [0.05, 0.1) is 27.6 Å². The van der Waals surface area contributed by atoms with Crippen LogP contribution in [0.1, 0.15) is 49.1 Å². The maximum atomic E-state index is 13.5. The van der Waals surface area contributed by atoms with Crippen molar-refractivity contribution in [2.24, 2.45) is 0 Å². The summed E-state index contributed by atoms with van der Waals surface area (Å²) in [6.07, 6.45) is 1.08. The van der Waals surface area contributed by atoms with E-state index in [2.05, 4.69) is 4.98 Å². The summed E-state index contributed by atoms with van der Waals surface area (Å²) in [7, 11) is -4.15. The quantitative estimate of drug-likeness (QED) is 0.0895. The smallest absolute Gasteiger partial charge is 0.301 e. The van der Waals surface area contributed by atoms with Crippen molar-refractivity contribution in [3.05, 3.63) is 117 Å². The van der Waals surface area contributed by atoms with Gasteiger partial charge in [0.25, 0.3) is 11.5 Å². The fraction of sp³-hybridized carbons (Fsp3) is 0.194. The van der Waals surface area contributed by atoms with Crippen LogP contribution >= 0.6 is 11.3 Å². The van der Waals surface area contributed by atoms with Crippen LogP contribution in [0.15, 0.2) is 93.7 Å². The van der Waals surface area contributed by atoms with Crippen LogP contribution in [0, 0.1) is 17.0 Å². The van der Waals surface area contributed by atoms with Crippen LogP contribution in [0.25, 0.3) is 5.76 Å². The Morgan fingerprint density at radius 2 is 1.58 bits per heavy atom. The van der Waals surface area contributed by atoms with Gasteiger partial charge in [0.1, 0.15) is 9.97 Å². The van der Waals surface area contributed by atoms with E-state index in [0.29, 0.717) is 22.5 Å². The second-order valence-electron chi connectivity index (χ2n) is 11.1. The number of hydrogen-bond acceptors (Lipinski definition) is 9. The number of nitrogens with zero attached hydrogens (tertiary/aromatic N) is 3. The number of aryl methyl sites for hydroxylation is 1. The molecule has 0 bridgehead atoms. The summed E-state index contributed by atoms with van der Waals surface area (Å²) < 4.78 is 26.5. The van der Waals surface area contributed by atoms with Crippen molar-refractivity contribution >= 4 is 49.4 Å². The van der Waals surface area contributed by atoms with Crippen molar-refractivity contribution in [2.45, 2.75) is 48.3 Å². The summed E-state index contributed by atoms with van der Waals surface area (Å²) in [5.41, 5.74) is 2.24. The highest BCUT2D eigenvalue weighted by Crippen LogP contribution is 2.44. The molecule has 0 aliphatic carbocycles. The Bertz CT molecular complexity index is 1890. The van der Waals surface area contributed by atoms with Crippen LogP contribution in [-0.2, 0) is 24.8 Å². The number of ketones is 1. The number of non-ortho nitro benzene ring substituents is 1. The molecular weight excluding hydrogens is 590 g/mol. The van der Waals surface area contributed by atoms with Gasteiger partial charge in [-0.3, -0.25) is 24.6 Å². The van der Waals surface area contributed by atoms with Gasteiger partial charge in [0.2, 0.25) is 9.84 Å². The molecule has 1 aliphatic heterocycles. The number of carbonyl (C=O) groups excluding carboxylic acids is 2. The molecule has 0 radical (unpaired) electrons. The zero-order chi connectivity index (χ0) is 31.3. The van der Waals surface area contributed by atoms with Gasteiger partial charge in [-0.1, -0.05) is 86.2 Å². The predicted molar refractivity (Wildman–Crippen MR) is 162 cm³/mol. The highest BCUT2D eigenvalue weighted by atomic mass is 32.2. The van der Waals surface area contributed by atoms with Crippen molar-refractivity contribution in [2.75, 3.05) is 4.90 Å². The number of nitro benzene ring substituents is 1. The van der Waals surface area contributed by atoms with E-state index in [-0.39, 0.29) is 36.7 Å². The van der Waals surface area contributed by atoms with Crippen molar-refractivity contribution in [1.82, 2.24) is 4.98 Å². The SMILES string of the molecule is Cc1ccc(C(O)=C2C(=O)C(=O)N(c3ncc(S(=O)(=O)c4ccc([N+](=O)[O-])cc4)s3)C2c2ccc(C(C)(C)C)cc2)cc1. The molecule has 1 aromatic heterocycles. The number of thiazole rings is 1. The molecule has 4 aromatic rings. The normalized spacial score (nSPS) is 16.9. The second-order valence-corrected chi connectivity index (χ2v) is 14.3. The van der Waals surface area contributed by atoms with E-state index < -0.39 is 32.5 Å². The molecule has 0 saturated carbocycles. The fourth-order valence-corrected chi connectivity index (χ4v) is 7.27. The van der Waals surface area contributed by atoms with Crippen molar-refractivity contribution in [1.29, 1.82) is 0 Å². The lowest BCUT2D eigenvalue weighted by Crippen LogP contribution is -2.29. The summed E-state index contributed by atoms with van der Waals surface area (Å²) in [4.78, 5) is 42.5. The first-order valence-corrected chi connectivity index (χ1v) is 15.4. The van der Waals surface area contributed by atoms with Gasteiger partial charge < -0.3 is 5.11 Å². The third-order valence-electron chi connectivity index (χ3n) is 7.16. The minimum absolute atomic E-state index is 0.0598. The van der Waals surface area contributed by atoms with Crippen LogP contribution in [0.4, 0.5) is 10.8 Å². The summed E-state index contributed by atoms with van der Waals surface area (Å²) >= 11 is 0.681. The largest absolute Gasteiger partial charge is 0.507 e. The van der Waals surface area contributed by atoms with Gasteiger partial charge in [0.15, 0.2) is 5.13 Å². The number of sulfone groups is 1. The Morgan fingerprint density at radius 3 is 2.14 bits per heavy atom. The van der Waals surface area contributed by atoms with E-state index >= 15 is 0 Å². The molecule has 2 heterocycles. The Morgan fingerprint density at radius 1 is 0.977 bits per heavy atom. The average Bonchev–Trinajstić information content (AvgIpc) is 3.56. The lowest BCUT2D eigenvalue weighted by atomic mass is 9.85. The Hall–Kier alpha value is -4.68. The molecule has 3 aromatic carbocycles. The molecule has 1 unspecified atom stereocenters. The minimum atomic E-state index is -4.15. The van der Waals surface area contributed by atoms with Gasteiger partial charge in [0, 0.05) is 17.7 Å². The Kier molecular flexibility index (Phi) is 7.53. The zero-order valence-corrected chi connectivity index (χ0v) is 25.3. The van der Waals surface area contributed by atoms with Crippen molar-refractivity contribution in [3.8, 4) is 0 Å². The van der Waals surface area contributed by atoms with Gasteiger partial charge >= 0.3 is 5.91 Å². The number of benzene rings is 3. The number of aliphatic hydroxyl groups excluding tert-OH is 1. The molecule has 220 valence electrons. The molecule has 0 spiro atoms. The molecule has 43 heavy (non-hydrogen) atoms. The first kappa shape index (κ1) is 29.8. The maximum Gasteiger partial charge on any atom is 0.301 e. The number of hydrogen-bond donors (Lipinski definition) is 1. The van der Waals surface area contributed by atoms with E-state index in [1.54, 1.807) is 36.4 Å². The van der Waals surface area contributed by atoms with Crippen LogP contribution < -0.4 is 4.90 Å². The minimum Gasteiger partial charge on any atom is -0.507 e. The van der Waals surface area contributed by atoms with Gasteiger partial charge in [-0.05, 0) is 35.6 Å². The van der Waals surface area contributed by atoms with E-state index in [0.717, 1.165) is 46.5 Å². The molecule has 1 aliphatic rings. The highest BCUT2D eigenvalue weighted by molar-refractivity contribution is 7.93. The number of aromatic nitrogens is 1. The lowest BCUT2D eigenvalue weighted by molar-refractivity contribution is -0.384. The van der Waals surface area contributed by atoms with E-state index in [1.807, 2.05) is 39.8 Å². The number of aliphatic hydroxyl groups is 1. The molecule has 12 heteroatoms. The van der Waals surface area contributed by atoms with E-state index in [9.17, 15) is 33.2 Å². The van der Waals surface area contributed by atoms with Crippen LogP contribution in [0.5, 0.6) is 0 Å². The Balaban J connectivity index is 1.63. The summed E-state index contributed by atoms with van der Waals surface area (Å²) in [6, 6.07) is 17.5. The molecule has 1 fully saturated rings. The number of rotatable bonds is 6. The number of amides is 1. The molecule has 10 nitrogen and oxygen atoms in total. The van der Waals surface area contributed by atoms with E-state index in [1.165, 1.54) is 0 Å². The molecule has 1 saturated heterocycles. The standard InChI is InChI=1S/C31H27N3O7S2/c1-18-5-7-20(8-6-18)27(35)25-26(19-9-11-21(12-10-19)31(2,3)4)33(29(37)28(25)36)30-32-17-24(42-30)43(40,41)23-15-13-22(14-16-23)34(38)39/h5-17,26,35H,1-4H3. The molecular formula is C31H27N3O7S2. The third kappa shape index (κ3) is 5.46. The van der Waals surface area contributed by atoms with Crippen LogP contribution in [-0.4, -0.2) is 35.1 Å². The van der Waals surface area contributed by atoms with Gasteiger partial charge in [-0.15, -0.1) is 0 Å². The molecule has 5 rings (SSSR count). The molecule has 1 atom stereocenters. The predicted octanol–water partition coefficient (Wildman–Crippen LogP) is 6.12. The average molecular weight is 618 g/mol. The highest BCUT2D eigenvalue weighted by Gasteiger charge is 2.48. The number of anilines is 1. The van der Waals surface area contributed by atoms with Gasteiger partial charge in [-0.25, -0.2) is 13.4 Å². The van der Waals surface area contributed by atoms with E-state index in [4.69, 9.17) is 0 Å². The van der Waals surface area contributed by atoms with Crippen LogP contribution in [0.2, 0.25) is 0 Å². The first-order chi connectivity index (χ1) is 20.2. The number of nitro groups is 1. The first-order valence-electron chi connectivity index (χ1n) is 13.1. The van der Waals surface area contributed by atoms with Crippen molar-refractivity contribution in [3.63, 3.8) is 0 Å². The monoisotopic (exact) mass is 617 g/mol. The maximum absolute atomic E-state index is 13.5. The topological polar surface area (TPSA) is 148 Å². The van der Waals surface area contributed by atoms with Crippen LogP contribution in [0.3, 0.4) is 0 Å². The Labute approximate surface area is 252 Å².